The van der Waals surface area contributed by atoms with E-state index in [-0.39, 0.29) is 18.3 Å². The molecule has 1 aromatic heterocycles. The predicted octanol–water partition coefficient (Wildman–Crippen LogP) is 2.40. The number of ether oxygens (including phenoxy) is 1. The molecule has 0 saturated carbocycles. The van der Waals surface area contributed by atoms with Crippen LogP contribution in [0, 0.1) is 12.7 Å². The number of benzene rings is 1. The molecule has 4 nitrogen and oxygen atoms in total. The molecule has 1 amide bonds. The smallest absolute Gasteiger partial charge is 0.263 e. The van der Waals surface area contributed by atoms with E-state index in [2.05, 4.69) is 10.3 Å². The number of amides is 1. The van der Waals surface area contributed by atoms with Gasteiger partial charge in [0, 0.05) is 6.07 Å². The Hall–Kier alpha value is -1.95. The van der Waals surface area contributed by atoms with E-state index in [4.69, 9.17) is 4.74 Å². The van der Waals surface area contributed by atoms with Crippen molar-refractivity contribution in [3.05, 3.63) is 46.2 Å². The molecule has 0 bridgehead atoms. The summed E-state index contributed by atoms with van der Waals surface area (Å²) in [5.74, 6) is -0.0621. The first-order chi connectivity index (χ1) is 9.16. The van der Waals surface area contributed by atoms with E-state index >= 15 is 0 Å². The largest absolute Gasteiger partial charge is 0.492 e. The monoisotopic (exact) mass is 280 g/mol. The zero-order valence-corrected chi connectivity index (χ0v) is 11.2. The molecule has 6 heteroatoms. The van der Waals surface area contributed by atoms with Crippen LogP contribution in [-0.2, 0) is 0 Å². The Bertz CT molecular complexity index is 571. The lowest BCUT2D eigenvalue weighted by Crippen LogP contribution is -2.27. The molecular weight excluding hydrogens is 267 g/mol. The number of nitrogens with zero attached hydrogens (tertiary/aromatic N) is 1. The highest BCUT2D eigenvalue weighted by atomic mass is 32.1. The Morgan fingerprint density at radius 1 is 1.53 bits per heavy atom. The Morgan fingerprint density at radius 2 is 2.37 bits per heavy atom. The van der Waals surface area contributed by atoms with Crippen molar-refractivity contribution in [2.75, 3.05) is 13.2 Å². The molecule has 0 spiro atoms. The van der Waals surface area contributed by atoms with Crippen molar-refractivity contribution in [3.63, 3.8) is 0 Å². The molecule has 0 aliphatic heterocycles. The summed E-state index contributed by atoms with van der Waals surface area (Å²) in [5, 5.41) is 2.72. The van der Waals surface area contributed by atoms with Crippen molar-refractivity contribution in [3.8, 4) is 5.75 Å². The van der Waals surface area contributed by atoms with Crippen LogP contribution in [-0.4, -0.2) is 24.0 Å². The second-order valence-corrected chi connectivity index (χ2v) is 4.68. The number of halogens is 1. The van der Waals surface area contributed by atoms with E-state index in [9.17, 15) is 9.18 Å². The first-order valence-electron chi connectivity index (χ1n) is 5.73. The van der Waals surface area contributed by atoms with E-state index < -0.39 is 0 Å². The van der Waals surface area contributed by atoms with Crippen LogP contribution in [0.5, 0.6) is 5.75 Å². The average Bonchev–Trinajstić information content (AvgIpc) is 2.81. The van der Waals surface area contributed by atoms with Gasteiger partial charge >= 0.3 is 0 Å². The van der Waals surface area contributed by atoms with Crippen LogP contribution >= 0.6 is 11.3 Å². The molecule has 1 N–H and O–H groups in total. The van der Waals surface area contributed by atoms with Gasteiger partial charge in [-0.2, -0.15) is 0 Å². The molecule has 0 atom stereocenters. The van der Waals surface area contributed by atoms with Gasteiger partial charge < -0.3 is 10.1 Å². The summed E-state index contributed by atoms with van der Waals surface area (Å²) in [6, 6.07) is 5.89. The summed E-state index contributed by atoms with van der Waals surface area (Å²) in [7, 11) is 0. The second-order valence-electron chi connectivity index (χ2n) is 3.83. The second kappa shape index (κ2) is 6.29. The number of aromatic nitrogens is 1. The van der Waals surface area contributed by atoms with Gasteiger partial charge in [0.1, 0.15) is 23.1 Å². The normalized spacial score (nSPS) is 10.2. The highest BCUT2D eigenvalue weighted by molar-refractivity contribution is 7.11. The maximum Gasteiger partial charge on any atom is 0.263 e. The quantitative estimate of drug-likeness (QED) is 0.856. The third kappa shape index (κ3) is 3.75. The van der Waals surface area contributed by atoms with Crippen molar-refractivity contribution in [2.45, 2.75) is 6.92 Å². The van der Waals surface area contributed by atoms with E-state index in [1.54, 1.807) is 24.6 Å². The maximum atomic E-state index is 12.9. The summed E-state index contributed by atoms with van der Waals surface area (Å²) in [6.45, 7) is 2.42. The fraction of sp³-hybridized carbons (Fsp3) is 0.231. The van der Waals surface area contributed by atoms with Crippen molar-refractivity contribution < 1.29 is 13.9 Å². The van der Waals surface area contributed by atoms with E-state index in [0.717, 1.165) is 0 Å². The van der Waals surface area contributed by atoms with Crippen molar-refractivity contribution >= 4 is 17.2 Å². The van der Waals surface area contributed by atoms with Crippen LogP contribution in [0.1, 0.15) is 15.4 Å². The number of carbonyl (C=O) groups is 1. The molecule has 0 radical (unpaired) electrons. The number of hydrogen-bond acceptors (Lipinski definition) is 4. The van der Waals surface area contributed by atoms with Gasteiger partial charge in [0.05, 0.1) is 17.7 Å². The Balaban J connectivity index is 1.75. The Kier molecular flexibility index (Phi) is 4.46. The third-order valence-corrected chi connectivity index (χ3v) is 3.33. The van der Waals surface area contributed by atoms with E-state index in [1.807, 2.05) is 0 Å². The molecule has 0 saturated heterocycles. The Labute approximate surface area is 114 Å². The molecule has 1 heterocycles. The van der Waals surface area contributed by atoms with Gasteiger partial charge in [-0.05, 0) is 19.1 Å². The van der Waals surface area contributed by atoms with Gasteiger partial charge in [-0.1, -0.05) is 6.07 Å². The van der Waals surface area contributed by atoms with Gasteiger partial charge in [-0.3, -0.25) is 4.79 Å². The van der Waals surface area contributed by atoms with Crippen LogP contribution < -0.4 is 10.1 Å². The molecule has 2 rings (SSSR count). The maximum absolute atomic E-state index is 12.9. The molecule has 0 unspecified atom stereocenters. The summed E-state index contributed by atoms with van der Waals surface area (Å²) < 4.78 is 18.2. The minimum absolute atomic E-state index is 0.164. The first-order valence-corrected chi connectivity index (χ1v) is 6.61. The fourth-order valence-corrected chi connectivity index (χ4v) is 2.21. The van der Waals surface area contributed by atoms with Crippen LogP contribution in [0.15, 0.2) is 29.8 Å². The van der Waals surface area contributed by atoms with E-state index in [1.165, 1.54) is 23.5 Å². The number of thiazole rings is 1. The highest BCUT2D eigenvalue weighted by Crippen LogP contribution is 2.12. The standard InChI is InChI=1S/C13H13FN2O2S/c1-9-12(19-8-16-9)13(17)15-5-6-18-11-4-2-3-10(14)7-11/h2-4,7-8H,5-6H2,1H3,(H,15,17). The van der Waals surface area contributed by atoms with Gasteiger partial charge in [-0.25, -0.2) is 9.37 Å². The number of aryl methyl sites for hydroxylation is 1. The van der Waals surface area contributed by atoms with Gasteiger partial charge in [0.15, 0.2) is 0 Å². The zero-order chi connectivity index (χ0) is 13.7. The number of carbonyl (C=O) groups excluding carboxylic acids is 1. The van der Waals surface area contributed by atoms with Crippen LogP contribution in [0.4, 0.5) is 4.39 Å². The van der Waals surface area contributed by atoms with E-state index in [0.29, 0.717) is 22.9 Å². The molecular formula is C13H13FN2O2S. The minimum atomic E-state index is -0.346. The van der Waals surface area contributed by atoms with Gasteiger partial charge in [0.25, 0.3) is 5.91 Å². The molecule has 1 aromatic carbocycles. The fourth-order valence-electron chi connectivity index (χ4n) is 1.49. The predicted molar refractivity (Wildman–Crippen MR) is 71.1 cm³/mol. The van der Waals surface area contributed by atoms with Crippen LogP contribution in [0.3, 0.4) is 0 Å². The van der Waals surface area contributed by atoms with Crippen molar-refractivity contribution in [2.24, 2.45) is 0 Å². The summed E-state index contributed by atoms with van der Waals surface area (Å²) in [5.41, 5.74) is 2.35. The van der Waals surface area contributed by atoms with Gasteiger partial charge in [-0.15, -0.1) is 11.3 Å². The number of hydrogen-bond donors (Lipinski definition) is 1. The zero-order valence-electron chi connectivity index (χ0n) is 10.4. The topological polar surface area (TPSA) is 51.2 Å². The summed E-state index contributed by atoms with van der Waals surface area (Å²) >= 11 is 1.30. The first kappa shape index (κ1) is 13.5. The van der Waals surface area contributed by atoms with Crippen molar-refractivity contribution in [1.82, 2.24) is 10.3 Å². The Morgan fingerprint density at radius 3 is 3.05 bits per heavy atom. The lowest BCUT2D eigenvalue weighted by Gasteiger charge is -2.07. The number of rotatable bonds is 5. The molecule has 0 aliphatic rings. The summed E-state index contributed by atoms with van der Waals surface area (Å²) in [4.78, 5) is 16.3. The molecule has 19 heavy (non-hydrogen) atoms. The minimum Gasteiger partial charge on any atom is -0.492 e. The average molecular weight is 280 g/mol. The SMILES string of the molecule is Cc1ncsc1C(=O)NCCOc1cccc(F)c1. The van der Waals surface area contributed by atoms with Crippen LogP contribution in [0.2, 0.25) is 0 Å². The molecule has 0 aliphatic carbocycles. The lowest BCUT2D eigenvalue weighted by molar-refractivity contribution is 0.0950. The molecule has 0 fully saturated rings. The van der Waals surface area contributed by atoms with Crippen LogP contribution in [0.25, 0.3) is 0 Å². The van der Waals surface area contributed by atoms with Gasteiger partial charge in [0.2, 0.25) is 0 Å². The highest BCUT2D eigenvalue weighted by Gasteiger charge is 2.10. The molecule has 2 aromatic rings. The molecule has 100 valence electrons. The summed E-state index contributed by atoms with van der Waals surface area (Å²) in [6.07, 6.45) is 0. The number of nitrogens with one attached hydrogen (secondary N) is 1. The van der Waals surface area contributed by atoms with Crippen molar-refractivity contribution in [1.29, 1.82) is 0 Å². The lowest BCUT2D eigenvalue weighted by atomic mass is 10.3. The third-order valence-electron chi connectivity index (χ3n) is 2.40.